The summed E-state index contributed by atoms with van der Waals surface area (Å²) in [4.78, 5) is 15.3. The highest BCUT2D eigenvalue weighted by molar-refractivity contribution is 7.89. The van der Waals surface area contributed by atoms with E-state index >= 15 is 0 Å². The van der Waals surface area contributed by atoms with Crippen molar-refractivity contribution in [3.63, 3.8) is 0 Å². The summed E-state index contributed by atoms with van der Waals surface area (Å²) in [5, 5.41) is 2.75. The van der Waals surface area contributed by atoms with Crippen molar-refractivity contribution < 1.29 is 22.3 Å². The Morgan fingerprint density at radius 1 is 0.935 bits per heavy atom. The van der Waals surface area contributed by atoms with Crippen LogP contribution in [-0.4, -0.2) is 58.0 Å². The standard InChI is InChI=1S/C22H26FN3O4S/c23-17-4-6-18(7-5-17)24-22(27)20-16-19(31(28,29)26-10-2-1-3-11-26)8-9-21(20)25-12-14-30-15-13-25/h4-9,16H,1-3,10-15H2,(H,24,27). The van der Waals surface area contributed by atoms with Gasteiger partial charge in [-0.15, -0.1) is 0 Å². The first kappa shape index (κ1) is 21.7. The Kier molecular flexibility index (Phi) is 6.54. The molecule has 0 saturated carbocycles. The van der Waals surface area contributed by atoms with E-state index in [1.165, 1.54) is 34.6 Å². The lowest BCUT2D eigenvalue weighted by molar-refractivity contribution is 0.102. The van der Waals surface area contributed by atoms with Crippen LogP contribution < -0.4 is 10.2 Å². The van der Waals surface area contributed by atoms with Crippen LogP contribution >= 0.6 is 0 Å². The van der Waals surface area contributed by atoms with E-state index in [0.29, 0.717) is 50.8 Å². The molecule has 4 rings (SSSR count). The highest BCUT2D eigenvalue weighted by Gasteiger charge is 2.28. The van der Waals surface area contributed by atoms with Gasteiger partial charge in [-0.3, -0.25) is 4.79 Å². The van der Waals surface area contributed by atoms with Crippen LogP contribution in [0.2, 0.25) is 0 Å². The number of halogens is 1. The van der Waals surface area contributed by atoms with Crippen LogP contribution in [0.3, 0.4) is 0 Å². The van der Waals surface area contributed by atoms with Gasteiger partial charge in [0.15, 0.2) is 0 Å². The van der Waals surface area contributed by atoms with Crippen molar-refractivity contribution in [2.24, 2.45) is 0 Å². The molecule has 2 aliphatic heterocycles. The molecular weight excluding hydrogens is 421 g/mol. The molecule has 9 heteroatoms. The highest BCUT2D eigenvalue weighted by atomic mass is 32.2. The van der Waals surface area contributed by atoms with Gasteiger partial charge in [-0.1, -0.05) is 6.42 Å². The number of benzene rings is 2. The van der Waals surface area contributed by atoms with Gasteiger partial charge < -0.3 is 15.0 Å². The Bertz CT molecular complexity index is 1030. The fourth-order valence-electron chi connectivity index (χ4n) is 3.92. The summed E-state index contributed by atoms with van der Waals surface area (Å²) in [7, 11) is -3.68. The van der Waals surface area contributed by atoms with Gasteiger partial charge >= 0.3 is 0 Å². The van der Waals surface area contributed by atoms with Gasteiger partial charge in [-0.2, -0.15) is 4.31 Å². The molecule has 0 aromatic heterocycles. The number of nitrogens with one attached hydrogen (secondary N) is 1. The molecule has 31 heavy (non-hydrogen) atoms. The molecule has 2 aromatic rings. The van der Waals surface area contributed by atoms with Crippen molar-refractivity contribution in [2.75, 3.05) is 49.6 Å². The summed E-state index contributed by atoms with van der Waals surface area (Å²) in [6.45, 7) is 3.26. The largest absolute Gasteiger partial charge is 0.378 e. The van der Waals surface area contributed by atoms with E-state index in [1.54, 1.807) is 12.1 Å². The van der Waals surface area contributed by atoms with Crippen molar-refractivity contribution >= 4 is 27.3 Å². The monoisotopic (exact) mass is 447 g/mol. The van der Waals surface area contributed by atoms with E-state index in [9.17, 15) is 17.6 Å². The number of amides is 1. The third-order valence-electron chi connectivity index (χ3n) is 5.62. The molecule has 2 heterocycles. The lowest BCUT2D eigenvalue weighted by Crippen LogP contribution is -2.38. The smallest absolute Gasteiger partial charge is 0.257 e. The van der Waals surface area contributed by atoms with Crippen LogP contribution in [0.5, 0.6) is 0 Å². The Balaban J connectivity index is 1.69. The number of nitrogens with zero attached hydrogens (tertiary/aromatic N) is 2. The maximum absolute atomic E-state index is 13.2. The van der Waals surface area contributed by atoms with E-state index in [4.69, 9.17) is 4.74 Å². The molecule has 2 fully saturated rings. The second-order valence-corrected chi connectivity index (χ2v) is 9.64. The van der Waals surface area contributed by atoms with Gasteiger partial charge in [0.2, 0.25) is 10.0 Å². The lowest BCUT2D eigenvalue weighted by atomic mass is 10.1. The molecule has 2 aromatic carbocycles. The Morgan fingerprint density at radius 2 is 1.61 bits per heavy atom. The van der Waals surface area contributed by atoms with Crippen molar-refractivity contribution in [2.45, 2.75) is 24.2 Å². The first-order valence-corrected chi connectivity index (χ1v) is 11.9. The van der Waals surface area contributed by atoms with Crippen LogP contribution in [0.4, 0.5) is 15.8 Å². The molecule has 0 atom stereocenters. The maximum Gasteiger partial charge on any atom is 0.257 e. The van der Waals surface area contributed by atoms with Crippen LogP contribution in [-0.2, 0) is 14.8 Å². The summed E-state index contributed by atoms with van der Waals surface area (Å²) >= 11 is 0. The van der Waals surface area contributed by atoms with Crippen LogP contribution in [0, 0.1) is 5.82 Å². The molecule has 1 N–H and O–H groups in total. The van der Waals surface area contributed by atoms with E-state index in [-0.39, 0.29) is 10.5 Å². The summed E-state index contributed by atoms with van der Waals surface area (Å²) in [6, 6.07) is 10.2. The first-order chi connectivity index (χ1) is 14.9. The summed E-state index contributed by atoms with van der Waals surface area (Å²) < 4.78 is 46.4. The molecule has 0 spiro atoms. The summed E-state index contributed by atoms with van der Waals surface area (Å²) in [6.07, 6.45) is 2.69. The molecule has 0 bridgehead atoms. The average molecular weight is 448 g/mol. The Hall–Kier alpha value is -2.49. The van der Waals surface area contributed by atoms with Gasteiger partial charge in [-0.25, -0.2) is 12.8 Å². The highest BCUT2D eigenvalue weighted by Crippen LogP contribution is 2.29. The van der Waals surface area contributed by atoms with Gasteiger partial charge in [-0.05, 0) is 55.3 Å². The van der Waals surface area contributed by atoms with Crippen molar-refractivity contribution in [3.8, 4) is 0 Å². The molecule has 7 nitrogen and oxygen atoms in total. The minimum Gasteiger partial charge on any atom is -0.378 e. The lowest BCUT2D eigenvalue weighted by Gasteiger charge is -2.31. The number of piperidine rings is 1. The molecule has 0 radical (unpaired) electrons. The summed E-state index contributed by atoms with van der Waals surface area (Å²) in [5.74, 6) is -0.842. The van der Waals surface area contributed by atoms with E-state index in [0.717, 1.165) is 19.3 Å². The maximum atomic E-state index is 13.2. The van der Waals surface area contributed by atoms with Gasteiger partial charge in [0, 0.05) is 37.6 Å². The molecule has 166 valence electrons. The Labute approximate surface area is 181 Å². The Morgan fingerprint density at radius 3 is 2.29 bits per heavy atom. The SMILES string of the molecule is O=C(Nc1ccc(F)cc1)c1cc(S(=O)(=O)N2CCCCC2)ccc1N1CCOCC1. The molecule has 0 unspecified atom stereocenters. The summed E-state index contributed by atoms with van der Waals surface area (Å²) in [5.41, 5.74) is 1.36. The molecule has 2 saturated heterocycles. The van der Waals surface area contributed by atoms with Crippen molar-refractivity contribution in [1.29, 1.82) is 0 Å². The number of ether oxygens (including phenoxy) is 1. The molecular formula is C22H26FN3O4S. The number of carbonyl (C=O) groups excluding carboxylic acids is 1. The minimum atomic E-state index is -3.68. The minimum absolute atomic E-state index is 0.107. The number of hydrogen-bond acceptors (Lipinski definition) is 5. The third-order valence-corrected chi connectivity index (χ3v) is 7.51. The first-order valence-electron chi connectivity index (χ1n) is 10.5. The number of hydrogen-bond donors (Lipinski definition) is 1. The predicted octanol–water partition coefficient (Wildman–Crippen LogP) is 3.09. The number of rotatable bonds is 5. The molecule has 1 amide bonds. The third kappa shape index (κ3) is 4.89. The second kappa shape index (κ2) is 9.33. The zero-order valence-corrected chi connectivity index (χ0v) is 18.0. The quantitative estimate of drug-likeness (QED) is 0.762. The van der Waals surface area contributed by atoms with Crippen LogP contribution in [0.1, 0.15) is 29.6 Å². The second-order valence-electron chi connectivity index (χ2n) is 7.70. The van der Waals surface area contributed by atoms with E-state index < -0.39 is 21.7 Å². The van der Waals surface area contributed by atoms with Gasteiger partial charge in [0.25, 0.3) is 5.91 Å². The number of carbonyl (C=O) groups is 1. The normalized spacial score (nSPS) is 18.0. The van der Waals surface area contributed by atoms with Crippen molar-refractivity contribution in [3.05, 3.63) is 53.8 Å². The zero-order chi connectivity index (χ0) is 21.8. The molecule has 0 aliphatic carbocycles. The number of sulfonamides is 1. The van der Waals surface area contributed by atoms with E-state index in [1.807, 2.05) is 4.90 Å². The average Bonchev–Trinajstić information content (AvgIpc) is 2.81. The molecule has 2 aliphatic rings. The number of anilines is 2. The fraction of sp³-hybridized carbons (Fsp3) is 0.409. The van der Waals surface area contributed by atoms with Gasteiger partial charge in [0.1, 0.15) is 5.82 Å². The van der Waals surface area contributed by atoms with Gasteiger partial charge in [0.05, 0.1) is 23.7 Å². The topological polar surface area (TPSA) is 79.0 Å². The predicted molar refractivity (Wildman–Crippen MR) is 116 cm³/mol. The van der Waals surface area contributed by atoms with E-state index in [2.05, 4.69) is 5.32 Å². The fourth-order valence-corrected chi connectivity index (χ4v) is 5.47. The van der Waals surface area contributed by atoms with Crippen LogP contribution in [0.25, 0.3) is 0 Å². The van der Waals surface area contributed by atoms with Crippen molar-refractivity contribution in [1.82, 2.24) is 4.31 Å². The van der Waals surface area contributed by atoms with Crippen LogP contribution in [0.15, 0.2) is 47.4 Å². The zero-order valence-electron chi connectivity index (χ0n) is 17.2. The number of morpholine rings is 1.